The topological polar surface area (TPSA) is 4.93 Å². The zero-order chi connectivity index (χ0) is 11.8. The molecule has 1 aromatic heterocycles. The second-order valence-corrected chi connectivity index (χ2v) is 4.43. The summed E-state index contributed by atoms with van der Waals surface area (Å²) < 4.78 is 2.25. The zero-order valence-corrected chi connectivity index (χ0v) is 9.98. The van der Waals surface area contributed by atoms with Crippen molar-refractivity contribution in [2.24, 2.45) is 0 Å². The standard InChI is InChI=1S/C16H15N/c1-3-10-17-11-12(2)16-14-7-5-4-6-13(14)8-9-15(16)17/h3-9,11H,1,10H2,2H3. The van der Waals surface area contributed by atoms with Crippen molar-refractivity contribution < 1.29 is 0 Å². The molecular weight excluding hydrogens is 206 g/mol. The fraction of sp³-hybridized carbons (Fsp3) is 0.125. The lowest BCUT2D eigenvalue weighted by atomic mass is 10.0. The van der Waals surface area contributed by atoms with E-state index in [0.29, 0.717) is 0 Å². The number of benzene rings is 2. The van der Waals surface area contributed by atoms with E-state index in [1.165, 1.54) is 27.2 Å². The van der Waals surface area contributed by atoms with Gasteiger partial charge in [0.05, 0.1) is 0 Å². The van der Waals surface area contributed by atoms with E-state index in [2.05, 4.69) is 60.7 Å². The average Bonchev–Trinajstić information content (AvgIpc) is 2.67. The van der Waals surface area contributed by atoms with E-state index in [4.69, 9.17) is 0 Å². The van der Waals surface area contributed by atoms with Crippen molar-refractivity contribution in [2.45, 2.75) is 13.5 Å². The second kappa shape index (κ2) is 3.77. The Morgan fingerprint density at radius 3 is 2.82 bits per heavy atom. The molecule has 2 aromatic carbocycles. The molecular formula is C16H15N. The first-order valence-electron chi connectivity index (χ1n) is 5.89. The number of aromatic nitrogens is 1. The van der Waals surface area contributed by atoms with E-state index < -0.39 is 0 Å². The molecule has 0 aliphatic rings. The zero-order valence-electron chi connectivity index (χ0n) is 9.98. The molecule has 0 fully saturated rings. The number of nitrogens with zero attached hydrogens (tertiary/aromatic N) is 1. The van der Waals surface area contributed by atoms with Gasteiger partial charge in [-0.2, -0.15) is 0 Å². The van der Waals surface area contributed by atoms with Crippen molar-refractivity contribution in [2.75, 3.05) is 0 Å². The summed E-state index contributed by atoms with van der Waals surface area (Å²) in [5, 5.41) is 4.01. The highest BCUT2D eigenvalue weighted by molar-refractivity contribution is 6.08. The van der Waals surface area contributed by atoms with E-state index in [1.807, 2.05) is 6.08 Å². The fourth-order valence-corrected chi connectivity index (χ4v) is 2.57. The van der Waals surface area contributed by atoms with E-state index in [9.17, 15) is 0 Å². The number of allylic oxidation sites excluding steroid dienone is 1. The summed E-state index contributed by atoms with van der Waals surface area (Å²) in [5.74, 6) is 0. The number of hydrogen-bond donors (Lipinski definition) is 0. The number of rotatable bonds is 2. The Balaban J connectivity index is 2.46. The van der Waals surface area contributed by atoms with Gasteiger partial charge in [0.1, 0.15) is 0 Å². The van der Waals surface area contributed by atoms with Crippen LogP contribution in [-0.2, 0) is 6.54 Å². The van der Waals surface area contributed by atoms with Crippen molar-refractivity contribution in [1.29, 1.82) is 0 Å². The van der Waals surface area contributed by atoms with Gasteiger partial charge in [0.2, 0.25) is 0 Å². The summed E-state index contributed by atoms with van der Waals surface area (Å²) in [5.41, 5.74) is 2.62. The summed E-state index contributed by atoms with van der Waals surface area (Å²) in [4.78, 5) is 0. The molecule has 3 rings (SSSR count). The van der Waals surface area contributed by atoms with Gasteiger partial charge in [0.25, 0.3) is 0 Å². The fourth-order valence-electron chi connectivity index (χ4n) is 2.57. The van der Waals surface area contributed by atoms with Gasteiger partial charge in [0.15, 0.2) is 0 Å². The molecule has 1 heteroatoms. The van der Waals surface area contributed by atoms with Crippen LogP contribution in [0.2, 0.25) is 0 Å². The third kappa shape index (κ3) is 1.47. The first-order valence-corrected chi connectivity index (χ1v) is 5.89. The highest BCUT2D eigenvalue weighted by Crippen LogP contribution is 2.29. The summed E-state index contributed by atoms with van der Waals surface area (Å²) in [6.45, 7) is 6.85. The Morgan fingerprint density at radius 1 is 1.18 bits per heavy atom. The first kappa shape index (κ1) is 10.2. The van der Waals surface area contributed by atoms with Gasteiger partial charge < -0.3 is 4.57 Å². The lowest BCUT2D eigenvalue weighted by Crippen LogP contribution is -1.91. The van der Waals surface area contributed by atoms with E-state index >= 15 is 0 Å². The summed E-state index contributed by atoms with van der Waals surface area (Å²) >= 11 is 0. The molecule has 0 unspecified atom stereocenters. The monoisotopic (exact) mass is 221 g/mol. The maximum absolute atomic E-state index is 3.81. The van der Waals surface area contributed by atoms with E-state index in [-0.39, 0.29) is 0 Å². The van der Waals surface area contributed by atoms with E-state index in [0.717, 1.165) is 6.54 Å². The molecule has 1 nitrogen and oxygen atoms in total. The molecule has 3 aromatic rings. The van der Waals surface area contributed by atoms with Gasteiger partial charge in [-0.05, 0) is 29.3 Å². The Bertz CT molecular complexity index is 704. The van der Waals surface area contributed by atoms with Gasteiger partial charge in [0, 0.05) is 23.6 Å². The summed E-state index contributed by atoms with van der Waals surface area (Å²) in [7, 11) is 0. The number of hydrogen-bond acceptors (Lipinski definition) is 0. The van der Waals surface area contributed by atoms with Crippen molar-refractivity contribution in [3.63, 3.8) is 0 Å². The van der Waals surface area contributed by atoms with Crippen LogP contribution in [0.4, 0.5) is 0 Å². The maximum atomic E-state index is 3.81. The van der Waals surface area contributed by atoms with Crippen molar-refractivity contribution in [3.05, 3.63) is 60.8 Å². The minimum atomic E-state index is 0.864. The first-order chi connectivity index (χ1) is 8.31. The van der Waals surface area contributed by atoms with E-state index in [1.54, 1.807) is 0 Å². The van der Waals surface area contributed by atoms with Crippen molar-refractivity contribution >= 4 is 21.7 Å². The SMILES string of the molecule is C=CCn1cc(C)c2c3ccccc3ccc21. The Morgan fingerprint density at radius 2 is 2.00 bits per heavy atom. The molecule has 0 bridgehead atoms. The molecule has 0 radical (unpaired) electrons. The Hall–Kier alpha value is -2.02. The third-order valence-corrected chi connectivity index (χ3v) is 3.29. The normalized spacial score (nSPS) is 11.1. The van der Waals surface area contributed by atoms with Crippen molar-refractivity contribution in [3.8, 4) is 0 Å². The van der Waals surface area contributed by atoms with Crippen LogP contribution in [0.1, 0.15) is 5.56 Å². The molecule has 0 amide bonds. The van der Waals surface area contributed by atoms with Gasteiger partial charge in [-0.3, -0.25) is 0 Å². The molecule has 84 valence electrons. The largest absolute Gasteiger partial charge is 0.343 e. The third-order valence-electron chi connectivity index (χ3n) is 3.29. The molecule has 17 heavy (non-hydrogen) atoms. The van der Waals surface area contributed by atoms with Crippen molar-refractivity contribution in [1.82, 2.24) is 4.57 Å². The van der Waals surface area contributed by atoms with Gasteiger partial charge >= 0.3 is 0 Å². The maximum Gasteiger partial charge on any atom is 0.0492 e. The molecule has 0 atom stereocenters. The quantitative estimate of drug-likeness (QED) is 0.569. The molecule has 0 aliphatic heterocycles. The lowest BCUT2D eigenvalue weighted by Gasteiger charge is -2.03. The number of fused-ring (bicyclic) bond motifs is 3. The van der Waals surface area contributed by atoms with Gasteiger partial charge in [-0.1, -0.05) is 36.4 Å². The van der Waals surface area contributed by atoms with Crippen LogP contribution >= 0.6 is 0 Å². The van der Waals surface area contributed by atoms with Gasteiger partial charge in [-0.25, -0.2) is 0 Å². The highest BCUT2D eigenvalue weighted by Gasteiger charge is 2.07. The summed E-state index contributed by atoms with van der Waals surface area (Å²) in [6, 6.07) is 12.9. The minimum Gasteiger partial charge on any atom is -0.343 e. The summed E-state index contributed by atoms with van der Waals surface area (Å²) in [6.07, 6.45) is 4.15. The smallest absolute Gasteiger partial charge is 0.0492 e. The molecule has 0 saturated carbocycles. The predicted octanol–water partition coefficient (Wildman–Crippen LogP) is 4.29. The van der Waals surface area contributed by atoms with Crippen LogP contribution in [0.5, 0.6) is 0 Å². The highest BCUT2D eigenvalue weighted by atomic mass is 14.9. The van der Waals surface area contributed by atoms with Crippen LogP contribution in [0, 0.1) is 6.92 Å². The minimum absolute atomic E-state index is 0.864. The lowest BCUT2D eigenvalue weighted by molar-refractivity contribution is 0.862. The molecule has 1 heterocycles. The molecule has 0 aliphatic carbocycles. The van der Waals surface area contributed by atoms with Crippen LogP contribution in [-0.4, -0.2) is 4.57 Å². The predicted molar refractivity (Wildman–Crippen MR) is 74.4 cm³/mol. The number of aryl methyl sites for hydroxylation is 1. The Labute approximate surface area is 101 Å². The average molecular weight is 221 g/mol. The van der Waals surface area contributed by atoms with Crippen LogP contribution < -0.4 is 0 Å². The molecule has 0 saturated heterocycles. The van der Waals surface area contributed by atoms with Gasteiger partial charge in [-0.15, -0.1) is 6.58 Å². The van der Waals surface area contributed by atoms with Crippen LogP contribution in [0.3, 0.4) is 0 Å². The molecule has 0 N–H and O–H groups in total. The van der Waals surface area contributed by atoms with Crippen LogP contribution in [0.25, 0.3) is 21.7 Å². The van der Waals surface area contributed by atoms with Crippen LogP contribution in [0.15, 0.2) is 55.3 Å². The second-order valence-electron chi connectivity index (χ2n) is 4.43. The molecule has 0 spiro atoms. The Kier molecular flexibility index (Phi) is 2.25.